The standard InChI is InChI=1S/C16H25N3O/c1-10(2)16(20)19-15-11(3)8-13(9-14(15)17)12-4-6-18-7-5-12/h4-7,10-11,13-15H,8-9,17H2,1-3H3,(H,19,20)/t11-,13+,14+,15-/m0/s1. The molecule has 0 unspecified atom stereocenters. The maximum Gasteiger partial charge on any atom is 0.222 e. The zero-order valence-corrected chi connectivity index (χ0v) is 12.5. The molecule has 1 aliphatic carbocycles. The number of carbonyl (C=O) groups excluding carboxylic acids is 1. The third-order valence-corrected chi connectivity index (χ3v) is 4.30. The van der Waals surface area contributed by atoms with Gasteiger partial charge in [-0.15, -0.1) is 0 Å². The summed E-state index contributed by atoms with van der Waals surface area (Å²) in [5.74, 6) is 0.960. The van der Waals surface area contributed by atoms with E-state index in [2.05, 4.69) is 29.4 Å². The molecule has 4 atom stereocenters. The first kappa shape index (κ1) is 15.0. The van der Waals surface area contributed by atoms with E-state index in [0.29, 0.717) is 11.8 Å². The van der Waals surface area contributed by atoms with Gasteiger partial charge in [-0.05, 0) is 42.4 Å². The van der Waals surface area contributed by atoms with Crippen LogP contribution in [0.15, 0.2) is 24.5 Å². The van der Waals surface area contributed by atoms with E-state index >= 15 is 0 Å². The van der Waals surface area contributed by atoms with Gasteiger partial charge in [-0.3, -0.25) is 9.78 Å². The fourth-order valence-corrected chi connectivity index (χ4v) is 3.08. The third-order valence-electron chi connectivity index (χ3n) is 4.30. The second-order valence-electron chi connectivity index (χ2n) is 6.28. The fraction of sp³-hybridized carbons (Fsp3) is 0.625. The summed E-state index contributed by atoms with van der Waals surface area (Å²) in [5, 5.41) is 3.11. The van der Waals surface area contributed by atoms with Crippen LogP contribution in [0.1, 0.15) is 45.1 Å². The maximum absolute atomic E-state index is 11.9. The third kappa shape index (κ3) is 3.37. The zero-order valence-electron chi connectivity index (χ0n) is 12.5. The number of nitrogens with two attached hydrogens (primary N) is 1. The van der Waals surface area contributed by atoms with Gasteiger partial charge in [-0.25, -0.2) is 0 Å². The highest BCUT2D eigenvalue weighted by molar-refractivity contribution is 5.78. The van der Waals surface area contributed by atoms with Gasteiger partial charge in [0.1, 0.15) is 0 Å². The molecule has 0 aliphatic heterocycles. The van der Waals surface area contributed by atoms with Crippen molar-refractivity contribution in [3.63, 3.8) is 0 Å². The molecule has 1 heterocycles. The molecule has 1 fully saturated rings. The van der Waals surface area contributed by atoms with Crippen molar-refractivity contribution in [3.05, 3.63) is 30.1 Å². The Bertz CT molecular complexity index is 434. The van der Waals surface area contributed by atoms with Gasteiger partial charge < -0.3 is 11.1 Å². The van der Waals surface area contributed by atoms with Gasteiger partial charge in [0, 0.05) is 30.4 Å². The van der Waals surface area contributed by atoms with Crippen LogP contribution in [-0.4, -0.2) is 23.0 Å². The van der Waals surface area contributed by atoms with Gasteiger partial charge in [-0.2, -0.15) is 0 Å². The minimum atomic E-state index is 0.00678. The summed E-state index contributed by atoms with van der Waals surface area (Å²) in [6.07, 6.45) is 5.63. The van der Waals surface area contributed by atoms with Gasteiger partial charge >= 0.3 is 0 Å². The van der Waals surface area contributed by atoms with E-state index in [1.807, 2.05) is 26.2 Å². The molecule has 0 aromatic carbocycles. The molecule has 1 amide bonds. The lowest BCUT2D eigenvalue weighted by atomic mass is 9.73. The van der Waals surface area contributed by atoms with Crippen molar-refractivity contribution in [2.75, 3.05) is 0 Å². The Kier molecular flexibility index (Phi) is 4.76. The quantitative estimate of drug-likeness (QED) is 0.887. The van der Waals surface area contributed by atoms with Gasteiger partial charge in [0.25, 0.3) is 0 Å². The lowest BCUT2D eigenvalue weighted by molar-refractivity contribution is -0.125. The minimum Gasteiger partial charge on any atom is -0.351 e. The van der Waals surface area contributed by atoms with E-state index in [9.17, 15) is 4.79 Å². The van der Waals surface area contributed by atoms with E-state index in [4.69, 9.17) is 5.73 Å². The predicted octanol–water partition coefficient (Wildman–Crippen LogP) is 2.06. The zero-order chi connectivity index (χ0) is 14.7. The number of carbonyl (C=O) groups is 1. The second-order valence-corrected chi connectivity index (χ2v) is 6.28. The molecule has 3 N–H and O–H groups in total. The summed E-state index contributed by atoms with van der Waals surface area (Å²) in [6, 6.07) is 4.23. The van der Waals surface area contributed by atoms with Crippen LogP contribution in [0, 0.1) is 11.8 Å². The molecule has 1 aliphatic rings. The molecule has 0 saturated heterocycles. The maximum atomic E-state index is 11.9. The first-order valence-electron chi connectivity index (χ1n) is 7.45. The molecule has 0 bridgehead atoms. The smallest absolute Gasteiger partial charge is 0.222 e. The average Bonchev–Trinajstić information content (AvgIpc) is 2.43. The lowest BCUT2D eigenvalue weighted by Gasteiger charge is -2.39. The Morgan fingerprint density at radius 2 is 2.00 bits per heavy atom. The summed E-state index contributed by atoms with van der Waals surface area (Å²) in [6.45, 7) is 6.00. The Balaban J connectivity index is 2.03. The number of hydrogen-bond donors (Lipinski definition) is 2. The highest BCUT2D eigenvalue weighted by atomic mass is 16.1. The van der Waals surface area contributed by atoms with Crippen LogP contribution in [0.3, 0.4) is 0 Å². The summed E-state index contributed by atoms with van der Waals surface area (Å²) >= 11 is 0. The highest BCUT2D eigenvalue weighted by Gasteiger charge is 2.35. The molecule has 0 radical (unpaired) electrons. The van der Waals surface area contributed by atoms with Gasteiger partial charge in [0.05, 0.1) is 0 Å². The summed E-state index contributed by atoms with van der Waals surface area (Å²) in [4.78, 5) is 15.9. The van der Waals surface area contributed by atoms with Crippen molar-refractivity contribution in [2.24, 2.45) is 17.6 Å². The summed E-state index contributed by atoms with van der Waals surface area (Å²) in [7, 11) is 0. The Morgan fingerprint density at radius 3 is 2.55 bits per heavy atom. The van der Waals surface area contributed by atoms with Crippen molar-refractivity contribution in [1.29, 1.82) is 0 Å². The molecule has 1 aromatic heterocycles. The van der Waals surface area contributed by atoms with Crippen LogP contribution < -0.4 is 11.1 Å². The highest BCUT2D eigenvalue weighted by Crippen LogP contribution is 2.35. The van der Waals surface area contributed by atoms with Crippen LogP contribution in [0.4, 0.5) is 0 Å². The Morgan fingerprint density at radius 1 is 1.35 bits per heavy atom. The Hall–Kier alpha value is -1.42. The first-order chi connectivity index (χ1) is 9.49. The van der Waals surface area contributed by atoms with Crippen LogP contribution in [0.2, 0.25) is 0 Å². The van der Waals surface area contributed by atoms with E-state index in [1.54, 1.807) is 0 Å². The number of pyridine rings is 1. The Labute approximate surface area is 121 Å². The van der Waals surface area contributed by atoms with E-state index in [0.717, 1.165) is 12.8 Å². The lowest BCUT2D eigenvalue weighted by Crippen LogP contribution is -2.55. The predicted molar refractivity (Wildman–Crippen MR) is 80.1 cm³/mol. The number of nitrogens with zero attached hydrogens (tertiary/aromatic N) is 1. The first-order valence-corrected chi connectivity index (χ1v) is 7.45. The molecule has 1 aromatic rings. The van der Waals surface area contributed by atoms with Crippen molar-refractivity contribution < 1.29 is 4.79 Å². The van der Waals surface area contributed by atoms with Crippen LogP contribution in [0.25, 0.3) is 0 Å². The number of rotatable bonds is 3. The minimum absolute atomic E-state index is 0.00678. The van der Waals surface area contributed by atoms with Crippen LogP contribution in [-0.2, 0) is 4.79 Å². The van der Waals surface area contributed by atoms with Gasteiger partial charge in [0.15, 0.2) is 0 Å². The SMILES string of the molecule is CC(C)C(=O)N[C@@H]1[C@H](N)C[C@H](c2ccncc2)C[C@@H]1C. The van der Waals surface area contributed by atoms with E-state index in [-0.39, 0.29) is 23.9 Å². The largest absolute Gasteiger partial charge is 0.351 e. The number of hydrogen-bond acceptors (Lipinski definition) is 3. The number of aromatic nitrogens is 1. The van der Waals surface area contributed by atoms with Gasteiger partial charge in [0.2, 0.25) is 5.91 Å². The molecule has 20 heavy (non-hydrogen) atoms. The van der Waals surface area contributed by atoms with E-state index < -0.39 is 0 Å². The summed E-state index contributed by atoms with van der Waals surface area (Å²) in [5.41, 5.74) is 7.62. The molecular weight excluding hydrogens is 250 g/mol. The second kappa shape index (κ2) is 6.35. The van der Waals surface area contributed by atoms with Crippen LogP contribution >= 0.6 is 0 Å². The van der Waals surface area contributed by atoms with Crippen molar-refractivity contribution in [1.82, 2.24) is 10.3 Å². The molecule has 110 valence electrons. The van der Waals surface area contributed by atoms with Crippen molar-refractivity contribution in [2.45, 2.75) is 51.6 Å². The number of amides is 1. The molecule has 2 rings (SSSR count). The monoisotopic (exact) mass is 275 g/mol. The van der Waals surface area contributed by atoms with Crippen molar-refractivity contribution in [3.8, 4) is 0 Å². The molecule has 4 heteroatoms. The molecule has 0 spiro atoms. The molecule has 1 saturated carbocycles. The molecule has 4 nitrogen and oxygen atoms in total. The van der Waals surface area contributed by atoms with Gasteiger partial charge in [-0.1, -0.05) is 20.8 Å². The van der Waals surface area contributed by atoms with Crippen LogP contribution in [0.5, 0.6) is 0 Å². The summed E-state index contributed by atoms with van der Waals surface area (Å²) < 4.78 is 0. The normalized spacial score (nSPS) is 30.2. The fourth-order valence-electron chi connectivity index (χ4n) is 3.08. The average molecular weight is 275 g/mol. The molecular formula is C16H25N3O. The van der Waals surface area contributed by atoms with Crippen molar-refractivity contribution >= 4 is 5.91 Å². The topological polar surface area (TPSA) is 68.0 Å². The number of nitrogens with one attached hydrogen (secondary N) is 1. The van der Waals surface area contributed by atoms with E-state index in [1.165, 1.54) is 5.56 Å².